The van der Waals surface area contributed by atoms with Gasteiger partial charge in [0, 0.05) is 32.6 Å². The van der Waals surface area contributed by atoms with Crippen LogP contribution in [0.4, 0.5) is 0 Å². The topological polar surface area (TPSA) is 57.7 Å². The van der Waals surface area contributed by atoms with E-state index in [9.17, 15) is 13.2 Å². The molecule has 0 aliphatic carbocycles. The van der Waals surface area contributed by atoms with E-state index in [4.69, 9.17) is 0 Å². The highest BCUT2D eigenvalue weighted by Gasteiger charge is 2.28. The van der Waals surface area contributed by atoms with Crippen molar-refractivity contribution in [3.8, 4) is 0 Å². The van der Waals surface area contributed by atoms with E-state index in [-0.39, 0.29) is 17.1 Å². The van der Waals surface area contributed by atoms with Gasteiger partial charge >= 0.3 is 0 Å². The second-order valence-electron chi connectivity index (χ2n) is 8.12. The van der Waals surface area contributed by atoms with Crippen molar-refractivity contribution < 1.29 is 13.2 Å². The Hall–Kier alpha value is -1.40. The zero-order valence-corrected chi connectivity index (χ0v) is 16.6. The van der Waals surface area contributed by atoms with E-state index in [0.717, 1.165) is 11.1 Å². The smallest absolute Gasteiger partial charge is 0.223 e. The number of benzene rings is 1. The van der Waals surface area contributed by atoms with Gasteiger partial charge in [0.1, 0.15) is 0 Å². The Morgan fingerprint density at radius 1 is 1.12 bits per heavy atom. The van der Waals surface area contributed by atoms with Gasteiger partial charge in [-0.3, -0.25) is 4.79 Å². The summed E-state index contributed by atoms with van der Waals surface area (Å²) < 4.78 is 27.0. The molecule has 0 radical (unpaired) electrons. The molecule has 1 aromatic carbocycles. The molecular formula is C19H30N2O3S. The maximum absolute atomic E-state index is 12.7. The zero-order valence-electron chi connectivity index (χ0n) is 15.8. The van der Waals surface area contributed by atoms with Crippen LogP contribution in [0.1, 0.15) is 44.7 Å². The summed E-state index contributed by atoms with van der Waals surface area (Å²) in [6.45, 7) is 10.1. The molecule has 6 heteroatoms. The Kier molecular flexibility index (Phi) is 6.27. The first-order valence-electron chi connectivity index (χ1n) is 8.88. The van der Waals surface area contributed by atoms with Gasteiger partial charge < -0.3 is 4.90 Å². The molecule has 2 rings (SSSR count). The van der Waals surface area contributed by atoms with Gasteiger partial charge in [-0.1, -0.05) is 50.6 Å². The molecule has 1 aliphatic rings. The summed E-state index contributed by atoms with van der Waals surface area (Å²) >= 11 is 0. The Bertz CT molecular complexity index is 708. The fourth-order valence-corrected chi connectivity index (χ4v) is 4.64. The van der Waals surface area contributed by atoms with E-state index in [0.29, 0.717) is 39.0 Å². The van der Waals surface area contributed by atoms with Crippen molar-refractivity contribution in [1.82, 2.24) is 9.21 Å². The third-order valence-corrected chi connectivity index (χ3v) is 6.16. The molecule has 1 aliphatic heterocycles. The molecule has 1 amide bonds. The van der Waals surface area contributed by atoms with Crippen LogP contribution in [0.25, 0.3) is 0 Å². The molecule has 0 saturated carbocycles. The van der Waals surface area contributed by atoms with Crippen LogP contribution in [-0.2, 0) is 20.6 Å². The lowest BCUT2D eigenvalue weighted by molar-refractivity contribution is -0.132. The number of nitrogens with zero attached hydrogens (tertiary/aromatic N) is 2. The molecule has 0 bridgehead atoms. The van der Waals surface area contributed by atoms with Crippen molar-refractivity contribution >= 4 is 15.9 Å². The predicted molar refractivity (Wildman–Crippen MR) is 101 cm³/mol. The van der Waals surface area contributed by atoms with Gasteiger partial charge in [-0.15, -0.1) is 0 Å². The van der Waals surface area contributed by atoms with Crippen LogP contribution in [-0.4, -0.2) is 49.7 Å². The van der Waals surface area contributed by atoms with E-state index in [1.165, 1.54) is 0 Å². The van der Waals surface area contributed by atoms with Crippen molar-refractivity contribution in [2.45, 2.75) is 46.3 Å². The average molecular weight is 367 g/mol. The lowest BCUT2D eigenvalue weighted by Crippen LogP contribution is -2.38. The Morgan fingerprint density at radius 3 is 2.48 bits per heavy atom. The number of carbonyl (C=O) groups is 1. The first kappa shape index (κ1) is 19.9. The quantitative estimate of drug-likeness (QED) is 0.823. The lowest BCUT2D eigenvalue weighted by Gasteiger charge is -2.25. The molecule has 0 spiro atoms. The summed E-state index contributed by atoms with van der Waals surface area (Å²) in [6, 6.07) is 7.60. The van der Waals surface area contributed by atoms with Crippen LogP contribution in [0.2, 0.25) is 0 Å². The number of sulfonamides is 1. The van der Waals surface area contributed by atoms with Gasteiger partial charge in [-0.25, -0.2) is 8.42 Å². The monoisotopic (exact) mass is 366 g/mol. The predicted octanol–water partition coefficient (Wildman–Crippen LogP) is 2.80. The molecule has 0 atom stereocenters. The second-order valence-corrected chi connectivity index (χ2v) is 10.1. The zero-order chi connectivity index (χ0) is 18.7. The molecule has 1 aromatic rings. The number of hydrogen-bond acceptors (Lipinski definition) is 3. The number of aryl methyl sites for hydroxylation is 1. The molecule has 0 aromatic heterocycles. The van der Waals surface area contributed by atoms with E-state index < -0.39 is 10.0 Å². The summed E-state index contributed by atoms with van der Waals surface area (Å²) in [5.41, 5.74) is 1.81. The van der Waals surface area contributed by atoms with Gasteiger partial charge in [0.05, 0.1) is 5.75 Å². The summed E-state index contributed by atoms with van der Waals surface area (Å²) in [5.74, 6) is 0.135. The van der Waals surface area contributed by atoms with E-state index in [2.05, 4.69) is 0 Å². The average Bonchev–Trinajstić information content (AvgIpc) is 2.71. The summed E-state index contributed by atoms with van der Waals surface area (Å²) in [6.07, 6.45) is 1.17. The van der Waals surface area contributed by atoms with Gasteiger partial charge in [0.2, 0.25) is 15.9 Å². The van der Waals surface area contributed by atoms with Crippen molar-refractivity contribution in [3.63, 3.8) is 0 Å². The molecular weight excluding hydrogens is 336 g/mol. The molecule has 1 fully saturated rings. The van der Waals surface area contributed by atoms with Crippen LogP contribution in [0.3, 0.4) is 0 Å². The van der Waals surface area contributed by atoms with Crippen LogP contribution in [0.5, 0.6) is 0 Å². The van der Waals surface area contributed by atoms with Gasteiger partial charge in [-0.05, 0) is 24.3 Å². The highest BCUT2D eigenvalue weighted by atomic mass is 32.2. The van der Waals surface area contributed by atoms with Gasteiger partial charge in [-0.2, -0.15) is 4.31 Å². The molecule has 0 unspecified atom stereocenters. The Morgan fingerprint density at radius 2 is 1.84 bits per heavy atom. The molecule has 25 heavy (non-hydrogen) atoms. The standard InChI is InChI=1S/C19H30N2O3S/c1-16-7-5-8-17(13-16)15-25(23,24)21-10-6-9-20(11-12-21)18(22)14-19(2,3)4/h5,7-8,13H,6,9-12,14-15H2,1-4H3. The van der Waals surface area contributed by atoms with Crippen molar-refractivity contribution in [3.05, 3.63) is 35.4 Å². The number of amides is 1. The Balaban J connectivity index is 2.00. The summed E-state index contributed by atoms with van der Waals surface area (Å²) in [7, 11) is -3.37. The van der Waals surface area contributed by atoms with Crippen LogP contribution < -0.4 is 0 Å². The first-order valence-corrected chi connectivity index (χ1v) is 10.5. The number of rotatable bonds is 4. The molecule has 0 N–H and O–H groups in total. The van der Waals surface area contributed by atoms with E-state index in [1.54, 1.807) is 4.31 Å². The molecule has 140 valence electrons. The van der Waals surface area contributed by atoms with E-state index in [1.807, 2.05) is 56.9 Å². The Labute approximate surface area is 152 Å². The van der Waals surface area contributed by atoms with Crippen molar-refractivity contribution in [1.29, 1.82) is 0 Å². The van der Waals surface area contributed by atoms with Gasteiger partial charge in [0.25, 0.3) is 0 Å². The third-order valence-electron chi connectivity index (χ3n) is 4.31. The van der Waals surface area contributed by atoms with Crippen LogP contribution in [0.15, 0.2) is 24.3 Å². The third kappa shape index (κ3) is 6.12. The maximum atomic E-state index is 12.7. The number of hydrogen-bond donors (Lipinski definition) is 0. The normalized spacial score (nSPS) is 17.4. The summed E-state index contributed by atoms with van der Waals surface area (Å²) in [4.78, 5) is 14.2. The van der Waals surface area contributed by atoms with Crippen molar-refractivity contribution in [2.24, 2.45) is 5.41 Å². The highest BCUT2D eigenvalue weighted by Crippen LogP contribution is 2.21. The fourth-order valence-electron chi connectivity index (χ4n) is 3.09. The van der Waals surface area contributed by atoms with Gasteiger partial charge in [0.15, 0.2) is 0 Å². The minimum Gasteiger partial charge on any atom is -0.341 e. The van der Waals surface area contributed by atoms with Crippen molar-refractivity contribution in [2.75, 3.05) is 26.2 Å². The SMILES string of the molecule is Cc1cccc(CS(=O)(=O)N2CCCN(C(=O)CC(C)(C)C)CC2)c1. The summed E-state index contributed by atoms with van der Waals surface area (Å²) in [5, 5.41) is 0. The van der Waals surface area contributed by atoms with E-state index >= 15 is 0 Å². The highest BCUT2D eigenvalue weighted by molar-refractivity contribution is 7.88. The molecule has 1 saturated heterocycles. The fraction of sp³-hybridized carbons (Fsp3) is 0.632. The molecule has 1 heterocycles. The minimum absolute atomic E-state index is 0.0185. The lowest BCUT2D eigenvalue weighted by atomic mass is 9.91. The van der Waals surface area contributed by atoms with Crippen LogP contribution >= 0.6 is 0 Å². The van der Waals surface area contributed by atoms with Crippen LogP contribution in [0, 0.1) is 12.3 Å². The molecule has 5 nitrogen and oxygen atoms in total. The number of carbonyl (C=O) groups excluding carboxylic acids is 1. The largest absolute Gasteiger partial charge is 0.341 e. The minimum atomic E-state index is -3.37. The maximum Gasteiger partial charge on any atom is 0.223 e. The first-order chi connectivity index (χ1) is 11.6. The second kappa shape index (κ2) is 7.87.